The van der Waals surface area contributed by atoms with Crippen molar-refractivity contribution in [2.75, 3.05) is 4.90 Å². The maximum Gasteiger partial charge on any atom is 0.124 e. The van der Waals surface area contributed by atoms with Gasteiger partial charge in [-0.15, -0.1) is 11.3 Å². The van der Waals surface area contributed by atoms with Gasteiger partial charge in [-0.2, -0.15) is 0 Å². The smallest absolute Gasteiger partial charge is 0.124 e. The van der Waals surface area contributed by atoms with Crippen molar-refractivity contribution in [2.24, 2.45) is 0 Å². The van der Waals surface area contributed by atoms with Crippen LogP contribution in [-0.2, 0) is 5.41 Å². The first kappa shape index (κ1) is 41.1. The van der Waals surface area contributed by atoms with E-state index in [1.165, 1.54) is 76.3 Å². The molecular weight excluding hydrogens is 841 g/mol. The largest absolute Gasteiger partial charge is 0.310 e. The van der Waals surface area contributed by atoms with Gasteiger partial charge in [-0.25, -0.2) is 4.98 Å². The summed E-state index contributed by atoms with van der Waals surface area (Å²) in [5.74, 6) is 0. The maximum absolute atomic E-state index is 5.22. The van der Waals surface area contributed by atoms with Gasteiger partial charge in [0.25, 0.3) is 0 Å². The Kier molecular flexibility index (Phi) is 10.3. The van der Waals surface area contributed by atoms with E-state index in [0.29, 0.717) is 0 Å². The molecular formula is C65H46N2S. The molecule has 322 valence electrons. The molecule has 10 aromatic carbocycles. The molecule has 0 saturated heterocycles. The molecule has 11 aromatic rings. The number of anilines is 3. The Morgan fingerprint density at radius 3 is 1.79 bits per heavy atom. The van der Waals surface area contributed by atoms with E-state index in [1.807, 2.05) is 12.2 Å². The third-order valence-electron chi connectivity index (χ3n) is 13.7. The van der Waals surface area contributed by atoms with Crippen LogP contribution in [0.5, 0.6) is 0 Å². The van der Waals surface area contributed by atoms with Gasteiger partial charge in [0.05, 0.1) is 15.6 Å². The molecule has 2 nitrogen and oxygen atoms in total. The molecule has 12 rings (SSSR count). The second kappa shape index (κ2) is 17.1. The molecule has 0 fully saturated rings. The van der Waals surface area contributed by atoms with Gasteiger partial charge in [0.2, 0.25) is 0 Å². The van der Waals surface area contributed by atoms with Gasteiger partial charge in [0.1, 0.15) is 5.01 Å². The van der Waals surface area contributed by atoms with Gasteiger partial charge in [-0.3, -0.25) is 0 Å². The molecule has 1 heterocycles. The summed E-state index contributed by atoms with van der Waals surface area (Å²) in [6.45, 7) is 6.22. The lowest BCUT2D eigenvalue weighted by molar-refractivity contribution is 0.746. The minimum atomic E-state index is -0.516. The minimum absolute atomic E-state index is 0.516. The van der Waals surface area contributed by atoms with Gasteiger partial charge in [0, 0.05) is 28.0 Å². The van der Waals surface area contributed by atoms with Crippen LogP contribution in [0.4, 0.5) is 17.1 Å². The van der Waals surface area contributed by atoms with Crippen molar-refractivity contribution in [3.63, 3.8) is 0 Å². The van der Waals surface area contributed by atoms with E-state index in [9.17, 15) is 0 Å². The molecule has 0 amide bonds. The topological polar surface area (TPSA) is 16.1 Å². The molecule has 1 unspecified atom stereocenters. The summed E-state index contributed by atoms with van der Waals surface area (Å²) >= 11 is 1.76. The highest BCUT2D eigenvalue weighted by molar-refractivity contribution is 7.21. The molecule has 0 N–H and O–H groups in total. The number of hydrogen-bond donors (Lipinski definition) is 0. The Labute approximate surface area is 401 Å². The fourth-order valence-corrected chi connectivity index (χ4v) is 11.5. The zero-order chi connectivity index (χ0) is 45.6. The fourth-order valence-electron chi connectivity index (χ4n) is 10.6. The Bertz CT molecular complexity index is 3740. The molecule has 1 atom stereocenters. The van der Waals surface area contributed by atoms with Crippen LogP contribution in [0.1, 0.15) is 23.6 Å². The fraction of sp³-hybridized carbons (Fsp3) is 0.0308. The predicted molar refractivity (Wildman–Crippen MR) is 290 cm³/mol. The summed E-state index contributed by atoms with van der Waals surface area (Å²) in [5, 5.41) is 5.88. The van der Waals surface area contributed by atoms with Crippen molar-refractivity contribution in [2.45, 2.75) is 12.3 Å². The SMILES string of the molecule is C=C/C=C\C=C(/C)C1(c2ccccc2)c2ccccc2-c2ccc(N(c3ccc(-c4ccccc4)cc3)c3ccc(-c4ccc5c(ccc6ccc7sc(-c8ccccc8)nc7c65)c4)cc3)cc21. The van der Waals surface area contributed by atoms with Crippen molar-refractivity contribution in [1.82, 2.24) is 4.98 Å². The van der Waals surface area contributed by atoms with E-state index >= 15 is 0 Å². The number of fused-ring (bicyclic) bond motifs is 8. The molecule has 1 aromatic heterocycles. The average Bonchev–Trinajstić information content (AvgIpc) is 3.98. The number of hydrogen-bond acceptors (Lipinski definition) is 3. The Balaban J connectivity index is 0.981. The van der Waals surface area contributed by atoms with Crippen molar-refractivity contribution in [1.29, 1.82) is 0 Å². The molecule has 0 bridgehead atoms. The summed E-state index contributed by atoms with van der Waals surface area (Å²) in [7, 11) is 0. The lowest BCUT2D eigenvalue weighted by Gasteiger charge is -2.35. The monoisotopic (exact) mass is 886 g/mol. The van der Waals surface area contributed by atoms with Gasteiger partial charge >= 0.3 is 0 Å². The van der Waals surface area contributed by atoms with Gasteiger partial charge < -0.3 is 4.90 Å². The van der Waals surface area contributed by atoms with Crippen LogP contribution in [0, 0.1) is 0 Å². The second-order valence-electron chi connectivity index (χ2n) is 17.6. The maximum atomic E-state index is 5.22. The van der Waals surface area contributed by atoms with Crippen LogP contribution in [0.15, 0.2) is 261 Å². The first-order chi connectivity index (χ1) is 33.6. The molecule has 0 radical (unpaired) electrons. The molecule has 68 heavy (non-hydrogen) atoms. The minimum Gasteiger partial charge on any atom is -0.310 e. The van der Waals surface area contributed by atoms with Crippen LogP contribution >= 0.6 is 11.3 Å². The Morgan fingerprint density at radius 2 is 1.07 bits per heavy atom. The van der Waals surface area contributed by atoms with Crippen molar-refractivity contribution in [3.05, 3.63) is 278 Å². The normalized spacial score (nSPS) is 14.4. The van der Waals surface area contributed by atoms with E-state index in [0.717, 1.165) is 38.7 Å². The first-order valence-corrected chi connectivity index (χ1v) is 24.0. The summed E-state index contributed by atoms with van der Waals surface area (Å²) in [5.41, 5.74) is 17.2. The number of nitrogens with zero attached hydrogens (tertiary/aromatic N) is 2. The highest BCUT2D eigenvalue weighted by Gasteiger charge is 2.46. The zero-order valence-electron chi connectivity index (χ0n) is 37.7. The highest BCUT2D eigenvalue weighted by atomic mass is 32.1. The molecule has 0 aliphatic heterocycles. The van der Waals surface area contributed by atoms with E-state index < -0.39 is 5.41 Å². The number of allylic oxidation sites excluding steroid dienone is 5. The summed E-state index contributed by atoms with van der Waals surface area (Å²) in [4.78, 5) is 7.63. The molecule has 1 aliphatic carbocycles. The highest BCUT2D eigenvalue weighted by Crippen LogP contribution is 2.57. The van der Waals surface area contributed by atoms with Gasteiger partial charge in [-0.05, 0) is 122 Å². The van der Waals surface area contributed by atoms with Crippen LogP contribution in [0.2, 0.25) is 0 Å². The van der Waals surface area contributed by atoms with E-state index in [1.54, 1.807) is 11.3 Å². The predicted octanol–water partition coefficient (Wildman–Crippen LogP) is 18.1. The van der Waals surface area contributed by atoms with Crippen molar-refractivity contribution >= 4 is 60.2 Å². The third kappa shape index (κ3) is 6.90. The van der Waals surface area contributed by atoms with E-state index in [2.05, 4.69) is 255 Å². The van der Waals surface area contributed by atoms with Crippen LogP contribution in [0.3, 0.4) is 0 Å². The Morgan fingerprint density at radius 1 is 0.500 bits per heavy atom. The van der Waals surface area contributed by atoms with Gasteiger partial charge in [0.15, 0.2) is 0 Å². The molecule has 3 heteroatoms. The average molecular weight is 887 g/mol. The van der Waals surface area contributed by atoms with Crippen molar-refractivity contribution < 1.29 is 0 Å². The summed E-state index contributed by atoms with van der Waals surface area (Å²) in [6.07, 6.45) is 8.20. The number of rotatable bonds is 10. The van der Waals surface area contributed by atoms with Gasteiger partial charge in [-0.1, -0.05) is 212 Å². The van der Waals surface area contributed by atoms with E-state index in [-0.39, 0.29) is 0 Å². The zero-order valence-corrected chi connectivity index (χ0v) is 38.5. The number of benzene rings is 10. The molecule has 1 aliphatic rings. The number of thiazole rings is 1. The second-order valence-corrected chi connectivity index (χ2v) is 18.6. The molecule has 0 spiro atoms. The van der Waals surface area contributed by atoms with Crippen LogP contribution in [0.25, 0.3) is 75.7 Å². The first-order valence-electron chi connectivity index (χ1n) is 23.2. The Hall–Kier alpha value is -8.37. The standard InChI is InChI=1S/C65H46N2S/c1-3-4-8-17-44(2)65(52-22-13-7-14-23-52)59-25-16-15-24-57(59)58-40-38-55(43-60(58)65)67(53-34-28-46(29-35-53)45-18-9-5-10-19-45)54-36-30-47(31-37-54)50-32-39-56-51(42-50)27-26-48-33-41-61-63(62(48)56)66-64(68-61)49-20-11-6-12-21-49/h3-43H,1H2,2H3/b8-4-,44-17+. The lowest BCUT2D eigenvalue weighted by Crippen LogP contribution is -2.28. The summed E-state index contributed by atoms with van der Waals surface area (Å²) in [6, 6.07) is 82.0. The number of aromatic nitrogens is 1. The van der Waals surface area contributed by atoms with Crippen LogP contribution in [-0.4, -0.2) is 4.98 Å². The van der Waals surface area contributed by atoms with Crippen molar-refractivity contribution in [3.8, 4) is 44.0 Å². The van der Waals surface area contributed by atoms with Crippen LogP contribution < -0.4 is 4.90 Å². The third-order valence-corrected chi connectivity index (χ3v) is 14.8. The van der Waals surface area contributed by atoms with E-state index in [4.69, 9.17) is 4.98 Å². The summed E-state index contributed by atoms with van der Waals surface area (Å²) < 4.78 is 1.20. The molecule has 0 saturated carbocycles. The quantitative estimate of drug-likeness (QED) is 0.100. The lowest BCUT2D eigenvalue weighted by atomic mass is 9.67.